The van der Waals surface area contributed by atoms with Crippen LogP contribution in [0.4, 0.5) is 0 Å². The monoisotopic (exact) mass is 176 g/mol. The molecule has 0 saturated carbocycles. The first-order valence-electron chi connectivity index (χ1n) is 4.32. The van der Waals surface area contributed by atoms with Gasteiger partial charge in [-0.25, -0.2) is 0 Å². The average molecular weight is 176 g/mol. The van der Waals surface area contributed by atoms with Gasteiger partial charge in [-0.1, -0.05) is 13.3 Å². The van der Waals surface area contributed by atoms with Gasteiger partial charge in [0, 0.05) is 0 Å². The molecule has 0 aromatic carbocycles. The van der Waals surface area contributed by atoms with Crippen molar-refractivity contribution >= 4 is 0 Å². The number of ether oxygens (including phenoxy) is 1. The van der Waals surface area contributed by atoms with Gasteiger partial charge in [-0.3, -0.25) is 0 Å². The fourth-order valence-corrected chi connectivity index (χ4v) is 1.42. The highest BCUT2D eigenvalue weighted by Crippen LogP contribution is 2.19. The van der Waals surface area contributed by atoms with Crippen LogP contribution in [0, 0.1) is 0 Å². The SMILES string of the molecule is CCCC(O)[C@H]1OC[C@@H](O)[C@@H]1O. The molecule has 1 fully saturated rings. The summed E-state index contributed by atoms with van der Waals surface area (Å²) in [5.41, 5.74) is 0. The maximum Gasteiger partial charge on any atom is 0.112 e. The Morgan fingerprint density at radius 2 is 2.17 bits per heavy atom. The largest absolute Gasteiger partial charge is 0.390 e. The Morgan fingerprint density at radius 3 is 2.58 bits per heavy atom. The summed E-state index contributed by atoms with van der Waals surface area (Å²) in [5.74, 6) is 0. The van der Waals surface area contributed by atoms with Crippen LogP contribution in [-0.2, 0) is 4.74 Å². The van der Waals surface area contributed by atoms with Crippen molar-refractivity contribution in [1.29, 1.82) is 0 Å². The molecule has 1 rings (SSSR count). The summed E-state index contributed by atoms with van der Waals surface area (Å²) in [4.78, 5) is 0. The molecule has 0 radical (unpaired) electrons. The third-order valence-electron chi connectivity index (χ3n) is 2.15. The summed E-state index contributed by atoms with van der Waals surface area (Å²) >= 11 is 0. The second-order valence-electron chi connectivity index (χ2n) is 3.21. The Morgan fingerprint density at radius 1 is 1.50 bits per heavy atom. The van der Waals surface area contributed by atoms with Crippen LogP contribution >= 0.6 is 0 Å². The Hall–Kier alpha value is -0.160. The molecule has 1 unspecified atom stereocenters. The topological polar surface area (TPSA) is 69.9 Å². The van der Waals surface area contributed by atoms with E-state index < -0.39 is 24.4 Å². The molecule has 1 aliphatic heterocycles. The van der Waals surface area contributed by atoms with Crippen LogP contribution in [0.3, 0.4) is 0 Å². The third kappa shape index (κ3) is 1.95. The van der Waals surface area contributed by atoms with Crippen molar-refractivity contribution in [1.82, 2.24) is 0 Å². The van der Waals surface area contributed by atoms with Crippen LogP contribution in [-0.4, -0.2) is 46.3 Å². The molecular weight excluding hydrogens is 160 g/mol. The van der Waals surface area contributed by atoms with E-state index in [1.807, 2.05) is 6.92 Å². The average Bonchev–Trinajstić information content (AvgIpc) is 2.34. The van der Waals surface area contributed by atoms with Crippen LogP contribution in [0.25, 0.3) is 0 Å². The number of aliphatic hydroxyl groups excluding tert-OH is 3. The maximum absolute atomic E-state index is 9.44. The van der Waals surface area contributed by atoms with Crippen LogP contribution < -0.4 is 0 Å². The molecule has 3 N–H and O–H groups in total. The second kappa shape index (κ2) is 4.18. The lowest BCUT2D eigenvalue weighted by molar-refractivity contribution is -0.0532. The van der Waals surface area contributed by atoms with Gasteiger partial charge in [0.2, 0.25) is 0 Å². The predicted molar refractivity (Wildman–Crippen MR) is 42.7 cm³/mol. The van der Waals surface area contributed by atoms with Crippen LogP contribution in [0.5, 0.6) is 0 Å². The highest BCUT2D eigenvalue weighted by molar-refractivity contribution is 4.87. The molecule has 0 spiro atoms. The van der Waals surface area contributed by atoms with Gasteiger partial charge in [0.25, 0.3) is 0 Å². The predicted octanol–water partition coefficient (Wildman–Crippen LogP) is -0.732. The Labute approximate surface area is 71.8 Å². The van der Waals surface area contributed by atoms with E-state index in [1.165, 1.54) is 0 Å². The summed E-state index contributed by atoms with van der Waals surface area (Å²) in [6.07, 6.45) is -1.63. The van der Waals surface area contributed by atoms with Crippen molar-refractivity contribution in [3.8, 4) is 0 Å². The smallest absolute Gasteiger partial charge is 0.112 e. The summed E-state index contributed by atoms with van der Waals surface area (Å²) in [5, 5.41) is 27.9. The minimum Gasteiger partial charge on any atom is -0.390 e. The van der Waals surface area contributed by atoms with Gasteiger partial charge in [-0.05, 0) is 6.42 Å². The van der Waals surface area contributed by atoms with Crippen molar-refractivity contribution in [2.75, 3.05) is 6.61 Å². The molecule has 0 aliphatic carbocycles. The van der Waals surface area contributed by atoms with E-state index in [9.17, 15) is 10.2 Å². The van der Waals surface area contributed by atoms with Crippen molar-refractivity contribution in [3.63, 3.8) is 0 Å². The van der Waals surface area contributed by atoms with Crippen molar-refractivity contribution < 1.29 is 20.1 Å². The highest BCUT2D eigenvalue weighted by Gasteiger charge is 2.38. The molecule has 0 aromatic rings. The number of aliphatic hydroxyl groups is 3. The first-order chi connectivity index (χ1) is 5.66. The lowest BCUT2D eigenvalue weighted by Crippen LogP contribution is -2.38. The molecule has 0 bridgehead atoms. The zero-order chi connectivity index (χ0) is 9.14. The normalized spacial score (nSPS) is 38.5. The van der Waals surface area contributed by atoms with E-state index in [0.717, 1.165) is 6.42 Å². The number of hydrogen-bond donors (Lipinski definition) is 3. The molecule has 1 aliphatic rings. The molecule has 72 valence electrons. The first-order valence-corrected chi connectivity index (χ1v) is 4.32. The van der Waals surface area contributed by atoms with E-state index in [-0.39, 0.29) is 6.61 Å². The van der Waals surface area contributed by atoms with Gasteiger partial charge in [-0.15, -0.1) is 0 Å². The lowest BCUT2D eigenvalue weighted by atomic mass is 10.0. The lowest BCUT2D eigenvalue weighted by Gasteiger charge is -2.20. The Bertz CT molecular complexity index is 139. The van der Waals surface area contributed by atoms with Crippen LogP contribution in [0.1, 0.15) is 19.8 Å². The zero-order valence-electron chi connectivity index (χ0n) is 7.18. The van der Waals surface area contributed by atoms with Crippen molar-refractivity contribution in [2.24, 2.45) is 0 Å². The van der Waals surface area contributed by atoms with Gasteiger partial charge in [-0.2, -0.15) is 0 Å². The Balaban J connectivity index is 2.41. The Kier molecular flexibility index (Phi) is 3.46. The molecule has 4 nitrogen and oxygen atoms in total. The summed E-state index contributed by atoms with van der Waals surface area (Å²) in [6, 6.07) is 0. The van der Waals surface area contributed by atoms with E-state index >= 15 is 0 Å². The molecule has 0 aromatic heterocycles. The molecule has 12 heavy (non-hydrogen) atoms. The van der Waals surface area contributed by atoms with Gasteiger partial charge in [0.05, 0.1) is 12.7 Å². The fourth-order valence-electron chi connectivity index (χ4n) is 1.42. The molecular formula is C8H16O4. The second-order valence-corrected chi connectivity index (χ2v) is 3.21. The molecule has 1 heterocycles. The van der Waals surface area contributed by atoms with Crippen molar-refractivity contribution in [2.45, 2.75) is 44.2 Å². The van der Waals surface area contributed by atoms with Gasteiger partial charge in [0.15, 0.2) is 0 Å². The van der Waals surface area contributed by atoms with Gasteiger partial charge >= 0.3 is 0 Å². The standard InChI is InChI=1S/C8H16O4/c1-2-3-5(9)8-7(11)6(10)4-12-8/h5-11H,2-4H2,1H3/t5?,6-,7+,8-/m1/s1. The maximum atomic E-state index is 9.44. The summed E-state index contributed by atoms with van der Waals surface area (Å²) < 4.78 is 5.04. The minimum absolute atomic E-state index is 0.118. The van der Waals surface area contributed by atoms with Crippen LogP contribution in [0.2, 0.25) is 0 Å². The molecule has 0 amide bonds. The molecule has 1 saturated heterocycles. The van der Waals surface area contributed by atoms with Crippen LogP contribution in [0.15, 0.2) is 0 Å². The van der Waals surface area contributed by atoms with Crippen molar-refractivity contribution in [3.05, 3.63) is 0 Å². The van der Waals surface area contributed by atoms with E-state index in [2.05, 4.69) is 0 Å². The van der Waals surface area contributed by atoms with E-state index in [1.54, 1.807) is 0 Å². The minimum atomic E-state index is -0.938. The molecule has 4 atom stereocenters. The third-order valence-corrected chi connectivity index (χ3v) is 2.15. The summed E-state index contributed by atoms with van der Waals surface area (Å²) in [6.45, 7) is 2.06. The fraction of sp³-hybridized carbons (Fsp3) is 1.00. The molecule has 4 heteroatoms. The highest BCUT2D eigenvalue weighted by atomic mass is 16.5. The summed E-state index contributed by atoms with van der Waals surface area (Å²) in [7, 11) is 0. The number of hydrogen-bond acceptors (Lipinski definition) is 4. The zero-order valence-corrected chi connectivity index (χ0v) is 7.18. The van der Waals surface area contributed by atoms with E-state index in [0.29, 0.717) is 6.42 Å². The van der Waals surface area contributed by atoms with Gasteiger partial charge in [0.1, 0.15) is 18.3 Å². The first kappa shape index (κ1) is 9.92. The van der Waals surface area contributed by atoms with E-state index in [4.69, 9.17) is 9.84 Å². The quantitative estimate of drug-likeness (QED) is 0.530. The van der Waals surface area contributed by atoms with Gasteiger partial charge < -0.3 is 20.1 Å². The number of rotatable bonds is 3.